The number of hydrogen-bond acceptors (Lipinski definition) is 4. The topological polar surface area (TPSA) is 55.8 Å². The number of carbonyl (C=O) groups is 2. The van der Waals surface area contributed by atoms with Crippen molar-refractivity contribution in [1.82, 2.24) is 4.90 Å². The first-order valence-electron chi connectivity index (χ1n) is 6.94. The molecule has 0 aliphatic carbocycles. The highest BCUT2D eigenvalue weighted by Crippen LogP contribution is 2.14. The van der Waals surface area contributed by atoms with Crippen LogP contribution in [0.5, 0.6) is 0 Å². The zero-order chi connectivity index (χ0) is 14.8. The minimum Gasteiger partial charge on any atom is -0.469 e. The molecule has 1 aliphatic rings. The molecule has 0 aromatic rings. The quantitative estimate of drug-likeness (QED) is 0.405. The van der Waals surface area contributed by atoms with Crippen LogP contribution in [0.1, 0.15) is 26.2 Å². The fourth-order valence-corrected chi connectivity index (χ4v) is 2.01. The third-order valence-corrected chi connectivity index (χ3v) is 3.12. The van der Waals surface area contributed by atoms with Crippen LogP contribution >= 0.6 is 0 Å². The summed E-state index contributed by atoms with van der Waals surface area (Å²) in [5.74, 6) is -0.421. The Morgan fingerprint density at radius 3 is 2.80 bits per heavy atom. The summed E-state index contributed by atoms with van der Waals surface area (Å²) >= 11 is 0. The molecule has 0 spiro atoms. The maximum Gasteiger partial charge on any atom is 0.307 e. The van der Waals surface area contributed by atoms with Gasteiger partial charge in [0.05, 0.1) is 19.6 Å². The third kappa shape index (κ3) is 6.02. The molecule has 1 unspecified atom stereocenters. The lowest BCUT2D eigenvalue weighted by Gasteiger charge is -2.23. The normalized spacial score (nSPS) is 18.8. The molecule has 0 aromatic carbocycles. The van der Waals surface area contributed by atoms with Gasteiger partial charge in [0.1, 0.15) is 0 Å². The van der Waals surface area contributed by atoms with Crippen molar-refractivity contribution in [2.45, 2.75) is 32.3 Å². The van der Waals surface area contributed by atoms with E-state index in [1.165, 1.54) is 13.2 Å². The van der Waals surface area contributed by atoms with Crippen LogP contribution < -0.4 is 0 Å². The third-order valence-electron chi connectivity index (χ3n) is 3.12. The predicted molar refractivity (Wildman–Crippen MR) is 76.1 cm³/mol. The van der Waals surface area contributed by atoms with Crippen molar-refractivity contribution in [2.24, 2.45) is 0 Å². The lowest BCUT2D eigenvalue weighted by Crippen LogP contribution is -2.37. The van der Waals surface area contributed by atoms with Crippen molar-refractivity contribution in [3.05, 3.63) is 24.3 Å². The standard InChI is InChI=1S/C15H23NO4/c1-3-4-5-8-14(17)16(10-9-15(18)19-2)12-13-7-6-11-20-13/h3-5,8,13H,6-7,9-12H2,1-2H3/b4-3?,8-5+. The molecule has 20 heavy (non-hydrogen) atoms. The van der Waals surface area contributed by atoms with Crippen molar-refractivity contribution in [1.29, 1.82) is 0 Å². The van der Waals surface area contributed by atoms with Gasteiger partial charge in [0.25, 0.3) is 0 Å². The van der Waals surface area contributed by atoms with Gasteiger partial charge in [0, 0.05) is 25.8 Å². The molecule has 1 atom stereocenters. The number of ether oxygens (including phenoxy) is 2. The summed E-state index contributed by atoms with van der Waals surface area (Å²) in [4.78, 5) is 25.0. The highest BCUT2D eigenvalue weighted by atomic mass is 16.5. The molecule has 1 amide bonds. The molecular weight excluding hydrogens is 258 g/mol. The second-order valence-corrected chi connectivity index (χ2v) is 4.63. The molecule has 0 radical (unpaired) electrons. The highest BCUT2D eigenvalue weighted by Gasteiger charge is 2.21. The molecule has 0 N–H and O–H groups in total. The molecule has 1 rings (SSSR count). The monoisotopic (exact) mass is 281 g/mol. The number of amides is 1. The fraction of sp³-hybridized carbons (Fsp3) is 0.600. The molecular formula is C15H23NO4. The van der Waals surface area contributed by atoms with Crippen LogP contribution in [-0.2, 0) is 19.1 Å². The molecule has 112 valence electrons. The zero-order valence-corrected chi connectivity index (χ0v) is 12.2. The second-order valence-electron chi connectivity index (χ2n) is 4.63. The maximum atomic E-state index is 12.1. The van der Waals surface area contributed by atoms with E-state index in [-0.39, 0.29) is 24.4 Å². The van der Waals surface area contributed by atoms with Gasteiger partial charge in [-0.2, -0.15) is 0 Å². The molecule has 5 nitrogen and oxygen atoms in total. The SMILES string of the molecule is CC=C/C=C/C(=O)N(CCC(=O)OC)CC1CCCO1. The number of hydrogen-bond donors (Lipinski definition) is 0. The summed E-state index contributed by atoms with van der Waals surface area (Å²) in [6.45, 7) is 3.51. The predicted octanol–water partition coefficient (Wildman–Crippen LogP) is 1.69. The van der Waals surface area contributed by atoms with Gasteiger partial charge in [-0.1, -0.05) is 18.2 Å². The van der Waals surface area contributed by atoms with E-state index < -0.39 is 0 Å². The van der Waals surface area contributed by atoms with Crippen LogP contribution in [0.15, 0.2) is 24.3 Å². The summed E-state index contributed by atoms with van der Waals surface area (Å²) in [6, 6.07) is 0. The average Bonchev–Trinajstić information content (AvgIpc) is 2.96. The van der Waals surface area contributed by atoms with Crippen LogP contribution in [0.25, 0.3) is 0 Å². The number of esters is 1. The second kappa shape index (κ2) is 9.31. The summed E-state index contributed by atoms with van der Waals surface area (Å²) in [6.07, 6.45) is 9.11. The molecule has 1 heterocycles. The van der Waals surface area contributed by atoms with E-state index in [4.69, 9.17) is 4.74 Å². The minimum atomic E-state index is -0.312. The Kier molecular flexibility index (Phi) is 7.65. The minimum absolute atomic E-state index is 0.0757. The Labute approximate surface area is 120 Å². The van der Waals surface area contributed by atoms with Gasteiger partial charge < -0.3 is 14.4 Å². The van der Waals surface area contributed by atoms with Crippen molar-refractivity contribution in [3.8, 4) is 0 Å². The maximum absolute atomic E-state index is 12.1. The Morgan fingerprint density at radius 1 is 1.40 bits per heavy atom. The van der Waals surface area contributed by atoms with E-state index in [2.05, 4.69) is 4.74 Å². The Morgan fingerprint density at radius 2 is 2.20 bits per heavy atom. The van der Waals surface area contributed by atoms with E-state index in [0.29, 0.717) is 13.1 Å². The number of carbonyl (C=O) groups excluding carboxylic acids is 2. The summed E-state index contributed by atoms with van der Waals surface area (Å²) in [7, 11) is 1.35. The first-order valence-corrected chi connectivity index (χ1v) is 6.94. The molecule has 5 heteroatoms. The van der Waals surface area contributed by atoms with Gasteiger partial charge in [-0.15, -0.1) is 0 Å². The molecule has 0 saturated carbocycles. The van der Waals surface area contributed by atoms with E-state index in [9.17, 15) is 9.59 Å². The summed E-state index contributed by atoms with van der Waals surface area (Å²) in [5.41, 5.74) is 0. The van der Waals surface area contributed by atoms with Gasteiger partial charge in [-0.05, 0) is 19.8 Å². The molecule has 0 aromatic heterocycles. The number of methoxy groups -OCH3 is 1. The summed E-state index contributed by atoms with van der Waals surface area (Å²) < 4.78 is 10.2. The van der Waals surface area contributed by atoms with Crippen molar-refractivity contribution >= 4 is 11.9 Å². The highest BCUT2D eigenvalue weighted by molar-refractivity contribution is 5.88. The smallest absolute Gasteiger partial charge is 0.307 e. The van der Waals surface area contributed by atoms with Crippen molar-refractivity contribution < 1.29 is 19.1 Å². The van der Waals surface area contributed by atoms with Crippen LogP contribution in [0.2, 0.25) is 0 Å². The largest absolute Gasteiger partial charge is 0.469 e. The fourth-order valence-electron chi connectivity index (χ4n) is 2.01. The van der Waals surface area contributed by atoms with Gasteiger partial charge >= 0.3 is 5.97 Å². The average molecular weight is 281 g/mol. The molecule has 1 fully saturated rings. The number of nitrogens with zero attached hydrogens (tertiary/aromatic N) is 1. The van der Waals surface area contributed by atoms with E-state index >= 15 is 0 Å². The van der Waals surface area contributed by atoms with E-state index in [0.717, 1.165) is 19.4 Å². The zero-order valence-electron chi connectivity index (χ0n) is 12.2. The molecule has 0 bridgehead atoms. The van der Waals surface area contributed by atoms with Crippen LogP contribution in [0.3, 0.4) is 0 Å². The van der Waals surface area contributed by atoms with Gasteiger partial charge in [0.2, 0.25) is 5.91 Å². The Hall–Kier alpha value is -1.62. The van der Waals surface area contributed by atoms with Gasteiger partial charge in [-0.3, -0.25) is 9.59 Å². The first-order chi connectivity index (χ1) is 9.67. The Balaban J connectivity index is 2.56. The Bertz CT molecular complexity index is 370. The molecule has 1 saturated heterocycles. The van der Waals surface area contributed by atoms with Gasteiger partial charge in [-0.25, -0.2) is 0 Å². The van der Waals surface area contributed by atoms with Crippen LogP contribution in [0, 0.1) is 0 Å². The van der Waals surface area contributed by atoms with E-state index in [1.807, 2.05) is 13.0 Å². The number of rotatable bonds is 7. The first kappa shape index (κ1) is 16.4. The van der Waals surface area contributed by atoms with Crippen molar-refractivity contribution in [3.63, 3.8) is 0 Å². The lowest BCUT2D eigenvalue weighted by atomic mass is 10.2. The molecule has 1 aliphatic heterocycles. The van der Waals surface area contributed by atoms with Crippen LogP contribution in [0.4, 0.5) is 0 Å². The van der Waals surface area contributed by atoms with Crippen molar-refractivity contribution in [2.75, 3.05) is 26.8 Å². The summed E-state index contributed by atoms with van der Waals surface area (Å²) in [5, 5.41) is 0. The number of allylic oxidation sites excluding steroid dienone is 3. The van der Waals surface area contributed by atoms with E-state index in [1.54, 1.807) is 17.1 Å². The van der Waals surface area contributed by atoms with Gasteiger partial charge in [0.15, 0.2) is 0 Å². The lowest BCUT2D eigenvalue weighted by molar-refractivity contribution is -0.141. The van der Waals surface area contributed by atoms with Crippen LogP contribution in [-0.4, -0.2) is 49.7 Å².